The van der Waals surface area contributed by atoms with E-state index >= 15 is 0 Å². The molecular formula is C7H16N2. The largest absolute Gasteiger partial charge is 0.390 e. The Morgan fingerprint density at radius 2 is 2.22 bits per heavy atom. The maximum absolute atomic E-state index is 3.16. The van der Waals surface area contributed by atoms with Crippen LogP contribution in [0.15, 0.2) is 11.9 Å². The maximum Gasteiger partial charge on any atom is 0.0232 e. The number of nitrogens with one attached hydrogen (secondary N) is 2. The summed E-state index contributed by atoms with van der Waals surface area (Å²) in [4.78, 5) is 0. The van der Waals surface area contributed by atoms with Crippen LogP contribution >= 0.6 is 0 Å². The number of hydrogen-bond donors (Lipinski definition) is 2. The van der Waals surface area contributed by atoms with Crippen LogP contribution in [0.4, 0.5) is 0 Å². The molecular weight excluding hydrogens is 112 g/mol. The van der Waals surface area contributed by atoms with Crippen molar-refractivity contribution < 1.29 is 0 Å². The molecule has 0 aromatic heterocycles. The molecule has 0 saturated carbocycles. The Morgan fingerprint density at radius 1 is 1.56 bits per heavy atom. The third-order valence-electron chi connectivity index (χ3n) is 1.11. The smallest absolute Gasteiger partial charge is 0.0232 e. The lowest BCUT2D eigenvalue weighted by Crippen LogP contribution is -2.11. The Morgan fingerprint density at radius 3 is 2.67 bits per heavy atom. The van der Waals surface area contributed by atoms with Crippen LogP contribution in [0.1, 0.15) is 20.3 Å². The fourth-order valence-corrected chi connectivity index (χ4v) is 0.442. The minimum atomic E-state index is 1.05. The van der Waals surface area contributed by atoms with Gasteiger partial charge in [-0.15, -0.1) is 0 Å². The molecule has 2 N–H and O–H groups in total. The van der Waals surface area contributed by atoms with E-state index in [0.29, 0.717) is 0 Å². The molecule has 0 amide bonds. The molecule has 0 atom stereocenters. The molecule has 0 heterocycles. The van der Waals surface area contributed by atoms with Gasteiger partial charge in [-0.3, -0.25) is 0 Å². The van der Waals surface area contributed by atoms with E-state index in [-0.39, 0.29) is 0 Å². The van der Waals surface area contributed by atoms with E-state index in [0.717, 1.165) is 6.54 Å². The average Bonchev–Trinajstić information content (AvgIpc) is 1.89. The fraction of sp³-hybridized carbons (Fsp3) is 0.714. The summed E-state index contributed by atoms with van der Waals surface area (Å²) >= 11 is 0. The second kappa shape index (κ2) is 5.48. The molecule has 0 spiro atoms. The number of rotatable bonds is 4. The Balaban J connectivity index is 3.21. The van der Waals surface area contributed by atoms with Gasteiger partial charge >= 0.3 is 0 Å². The average molecular weight is 128 g/mol. The molecule has 9 heavy (non-hydrogen) atoms. The van der Waals surface area contributed by atoms with Gasteiger partial charge in [0.15, 0.2) is 0 Å². The van der Waals surface area contributed by atoms with Crippen LogP contribution in [0, 0.1) is 0 Å². The van der Waals surface area contributed by atoms with Gasteiger partial charge in [-0.05, 0) is 13.3 Å². The van der Waals surface area contributed by atoms with E-state index in [1.54, 1.807) is 0 Å². The van der Waals surface area contributed by atoms with Gasteiger partial charge in [-0.25, -0.2) is 0 Å². The predicted octanol–water partition coefficient (Wildman–Crippen LogP) is 1.07. The van der Waals surface area contributed by atoms with Gasteiger partial charge in [0.1, 0.15) is 0 Å². The Hall–Kier alpha value is -0.660. The fourth-order valence-electron chi connectivity index (χ4n) is 0.442. The molecule has 0 aromatic rings. The van der Waals surface area contributed by atoms with Crippen molar-refractivity contribution in [1.82, 2.24) is 10.6 Å². The molecule has 0 radical (unpaired) electrons. The zero-order chi connectivity index (χ0) is 7.11. The standard InChI is InChI=1S/C7H16N2/c1-4-5-9-6-7(2)8-3/h6,8-9H,4-5H2,1-3H3/b7-6-. The van der Waals surface area contributed by atoms with Crippen molar-refractivity contribution in [2.45, 2.75) is 20.3 Å². The third kappa shape index (κ3) is 5.21. The first-order valence-corrected chi connectivity index (χ1v) is 3.39. The summed E-state index contributed by atoms with van der Waals surface area (Å²) in [6.45, 7) is 5.23. The van der Waals surface area contributed by atoms with Crippen LogP contribution < -0.4 is 10.6 Å². The normalized spacial score (nSPS) is 11.2. The molecule has 0 fully saturated rings. The summed E-state index contributed by atoms with van der Waals surface area (Å²) in [6, 6.07) is 0. The van der Waals surface area contributed by atoms with Gasteiger partial charge in [0.05, 0.1) is 0 Å². The van der Waals surface area contributed by atoms with Crippen molar-refractivity contribution in [3.05, 3.63) is 11.9 Å². The highest BCUT2D eigenvalue weighted by molar-refractivity contribution is 4.91. The van der Waals surface area contributed by atoms with E-state index < -0.39 is 0 Å². The summed E-state index contributed by atoms with van der Waals surface area (Å²) in [6.07, 6.45) is 3.16. The van der Waals surface area contributed by atoms with Gasteiger partial charge in [0.2, 0.25) is 0 Å². The molecule has 0 rings (SSSR count). The first kappa shape index (κ1) is 8.34. The lowest BCUT2D eigenvalue weighted by Gasteiger charge is -1.99. The number of hydrogen-bond acceptors (Lipinski definition) is 2. The predicted molar refractivity (Wildman–Crippen MR) is 41.1 cm³/mol. The first-order valence-electron chi connectivity index (χ1n) is 3.39. The second-order valence-corrected chi connectivity index (χ2v) is 2.03. The highest BCUT2D eigenvalue weighted by Gasteiger charge is 1.78. The van der Waals surface area contributed by atoms with E-state index in [2.05, 4.69) is 17.6 Å². The van der Waals surface area contributed by atoms with Crippen molar-refractivity contribution in [1.29, 1.82) is 0 Å². The van der Waals surface area contributed by atoms with Crippen LogP contribution in [0.2, 0.25) is 0 Å². The summed E-state index contributed by atoms with van der Waals surface area (Å²) < 4.78 is 0. The summed E-state index contributed by atoms with van der Waals surface area (Å²) in [5.74, 6) is 0. The van der Waals surface area contributed by atoms with Crippen LogP contribution in [0.25, 0.3) is 0 Å². The minimum Gasteiger partial charge on any atom is -0.390 e. The van der Waals surface area contributed by atoms with Gasteiger partial charge in [0.25, 0.3) is 0 Å². The third-order valence-corrected chi connectivity index (χ3v) is 1.11. The lowest BCUT2D eigenvalue weighted by molar-refractivity contribution is 0.792. The highest BCUT2D eigenvalue weighted by Crippen LogP contribution is 1.79. The quantitative estimate of drug-likeness (QED) is 0.553. The molecule has 54 valence electrons. The van der Waals surface area contributed by atoms with Gasteiger partial charge < -0.3 is 10.6 Å². The van der Waals surface area contributed by atoms with Gasteiger partial charge in [-0.1, -0.05) is 6.92 Å². The molecule has 0 aromatic carbocycles. The molecule has 2 nitrogen and oxygen atoms in total. The highest BCUT2D eigenvalue weighted by atomic mass is 14.9. The van der Waals surface area contributed by atoms with Gasteiger partial charge in [0, 0.05) is 25.5 Å². The van der Waals surface area contributed by atoms with Crippen molar-refractivity contribution >= 4 is 0 Å². The van der Waals surface area contributed by atoms with E-state index in [4.69, 9.17) is 0 Å². The zero-order valence-electron chi connectivity index (χ0n) is 6.49. The van der Waals surface area contributed by atoms with Crippen molar-refractivity contribution in [2.24, 2.45) is 0 Å². The van der Waals surface area contributed by atoms with Crippen LogP contribution in [-0.4, -0.2) is 13.6 Å². The molecule has 0 aliphatic rings. The van der Waals surface area contributed by atoms with Gasteiger partial charge in [-0.2, -0.15) is 0 Å². The van der Waals surface area contributed by atoms with E-state index in [9.17, 15) is 0 Å². The number of allylic oxidation sites excluding steroid dienone is 1. The molecule has 0 unspecified atom stereocenters. The molecule has 0 bridgehead atoms. The van der Waals surface area contributed by atoms with Crippen LogP contribution in [-0.2, 0) is 0 Å². The van der Waals surface area contributed by atoms with Crippen LogP contribution in [0.5, 0.6) is 0 Å². The van der Waals surface area contributed by atoms with E-state index in [1.165, 1.54) is 12.1 Å². The Kier molecular flexibility index (Phi) is 5.07. The minimum absolute atomic E-state index is 1.05. The van der Waals surface area contributed by atoms with E-state index in [1.807, 2.05) is 20.2 Å². The van der Waals surface area contributed by atoms with Crippen LogP contribution in [0.3, 0.4) is 0 Å². The molecule has 0 aliphatic heterocycles. The zero-order valence-corrected chi connectivity index (χ0v) is 6.49. The molecule has 2 heteroatoms. The SMILES string of the molecule is CCCN/C=C(/C)NC. The molecule has 0 saturated heterocycles. The Labute approximate surface area is 57.3 Å². The first-order chi connectivity index (χ1) is 4.31. The Bertz CT molecular complexity index is 86.9. The summed E-state index contributed by atoms with van der Waals surface area (Å²) in [7, 11) is 1.92. The van der Waals surface area contributed by atoms with Crippen molar-refractivity contribution in [3.63, 3.8) is 0 Å². The summed E-state index contributed by atoms with van der Waals surface area (Å²) in [5, 5.41) is 6.18. The molecule has 0 aliphatic carbocycles. The topological polar surface area (TPSA) is 24.1 Å². The van der Waals surface area contributed by atoms with Crippen molar-refractivity contribution in [2.75, 3.05) is 13.6 Å². The monoisotopic (exact) mass is 128 g/mol. The maximum atomic E-state index is 3.16. The lowest BCUT2D eigenvalue weighted by atomic mass is 10.5. The van der Waals surface area contributed by atoms with Crippen molar-refractivity contribution in [3.8, 4) is 0 Å². The second-order valence-electron chi connectivity index (χ2n) is 2.03. The summed E-state index contributed by atoms with van der Waals surface area (Å²) in [5.41, 5.74) is 1.17.